The Hall–Kier alpha value is -7.43. The molecule has 2 heterocycles. The maximum Gasteiger partial charge on any atom is 0.166 e. The van der Waals surface area contributed by atoms with Gasteiger partial charge >= 0.3 is 0 Å². The molecule has 0 amide bonds. The van der Waals surface area contributed by atoms with E-state index < -0.39 is 48.3 Å². The first kappa shape index (κ1) is 24.7. The maximum atomic E-state index is 9.34. The van der Waals surface area contributed by atoms with E-state index in [4.69, 9.17) is 23.2 Å². The second-order valence-electron chi connectivity index (χ2n) is 13.0. The zero-order valence-electron chi connectivity index (χ0n) is 37.3. The van der Waals surface area contributed by atoms with Crippen molar-refractivity contribution in [3.8, 4) is 73.2 Å². The number of nitrogens with zero attached hydrogens (tertiary/aromatic N) is 4. The fraction of sp³-hybridized carbons (Fsp3) is 0. The van der Waals surface area contributed by atoms with Crippen LogP contribution in [0.15, 0.2) is 206 Å². The molecule has 0 bridgehead atoms. The molecule has 0 saturated carbocycles. The lowest BCUT2D eigenvalue weighted by Crippen LogP contribution is -2.05. The smallest absolute Gasteiger partial charge is 0.166 e. The van der Waals surface area contributed by atoms with E-state index in [1.54, 1.807) is 6.07 Å². The molecule has 0 fully saturated rings. The molecule has 2 aromatic heterocycles. The molecule has 0 radical (unpaired) electrons. The van der Waals surface area contributed by atoms with Crippen molar-refractivity contribution >= 4 is 21.8 Å². The first-order valence-electron chi connectivity index (χ1n) is 21.9. The van der Waals surface area contributed by atoms with Gasteiger partial charge in [-0.3, -0.25) is 0 Å². The van der Waals surface area contributed by atoms with Gasteiger partial charge in [0, 0.05) is 21.9 Å². The van der Waals surface area contributed by atoms with Crippen molar-refractivity contribution in [1.29, 1.82) is 0 Å². The number of rotatable bonds is 7. The average molecular weight is 711 g/mol. The summed E-state index contributed by atoms with van der Waals surface area (Å²) < 4.78 is 73.4. The van der Waals surface area contributed by atoms with Crippen LogP contribution in [0.3, 0.4) is 0 Å². The summed E-state index contributed by atoms with van der Waals surface area (Å²) in [5.74, 6) is 0.989. The van der Waals surface area contributed by atoms with Gasteiger partial charge in [-0.15, -0.1) is 0 Å². The number of fused-ring (bicyclic) bond motifs is 3. The first-order valence-corrected chi connectivity index (χ1v) is 17.9. The van der Waals surface area contributed by atoms with Crippen molar-refractivity contribution in [3.05, 3.63) is 206 Å². The lowest BCUT2D eigenvalue weighted by molar-refractivity contribution is 1.06. The summed E-state index contributed by atoms with van der Waals surface area (Å²) in [5.41, 5.74) is 7.61. The molecule has 4 nitrogen and oxygen atoms in total. The highest BCUT2D eigenvalue weighted by Crippen LogP contribution is 2.43. The molecule has 55 heavy (non-hydrogen) atoms. The van der Waals surface area contributed by atoms with Crippen molar-refractivity contribution < 1.29 is 11.0 Å². The predicted octanol–water partition coefficient (Wildman–Crippen LogP) is 13.0. The number of benzene rings is 8. The minimum Gasteiger partial charge on any atom is -0.308 e. The van der Waals surface area contributed by atoms with Crippen LogP contribution in [0.25, 0.3) is 95.0 Å². The lowest BCUT2D eigenvalue weighted by Gasteiger charge is -2.20. The minimum absolute atomic E-state index is 0.00759. The van der Waals surface area contributed by atoms with Crippen molar-refractivity contribution in [2.45, 2.75) is 0 Å². The van der Waals surface area contributed by atoms with Crippen molar-refractivity contribution in [2.75, 3.05) is 0 Å². The highest BCUT2D eigenvalue weighted by molar-refractivity contribution is 6.10. The van der Waals surface area contributed by atoms with E-state index in [0.717, 1.165) is 38.9 Å². The lowest BCUT2D eigenvalue weighted by atomic mass is 9.90. The van der Waals surface area contributed by atoms with Crippen molar-refractivity contribution in [3.63, 3.8) is 0 Å². The van der Waals surface area contributed by atoms with Crippen LogP contribution >= 0.6 is 0 Å². The largest absolute Gasteiger partial charge is 0.308 e. The summed E-state index contributed by atoms with van der Waals surface area (Å²) in [6.45, 7) is 0. The quantitative estimate of drug-likeness (QED) is 0.165. The van der Waals surface area contributed by atoms with E-state index >= 15 is 0 Å². The normalized spacial score (nSPS) is 13.3. The van der Waals surface area contributed by atoms with Gasteiger partial charge in [0.1, 0.15) is 0 Å². The highest BCUT2D eigenvalue weighted by atomic mass is 15.1. The van der Waals surface area contributed by atoms with Crippen LogP contribution in [-0.4, -0.2) is 19.5 Å². The topological polar surface area (TPSA) is 43.6 Å². The molecule has 0 saturated heterocycles. The number of hydrogen-bond donors (Lipinski definition) is 0. The summed E-state index contributed by atoms with van der Waals surface area (Å²) in [4.78, 5) is 15.4. The monoisotopic (exact) mass is 710 g/mol. The van der Waals surface area contributed by atoms with Crippen LogP contribution in [0.5, 0.6) is 0 Å². The van der Waals surface area contributed by atoms with E-state index in [1.807, 2.05) is 152 Å². The van der Waals surface area contributed by atoms with Crippen LogP contribution in [0.4, 0.5) is 0 Å². The molecule has 0 aliphatic rings. The minimum atomic E-state index is -0.516. The van der Waals surface area contributed by atoms with Crippen LogP contribution in [0.1, 0.15) is 11.0 Å². The summed E-state index contributed by atoms with van der Waals surface area (Å²) in [6.07, 6.45) is 0. The van der Waals surface area contributed by atoms with Gasteiger partial charge < -0.3 is 4.57 Å². The maximum absolute atomic E-state index is 9.34. The van der Waals surface area contributed by atoms with E-state index in [0.29, 0.717) is 28.5 Å². The third-order valence-electron chi connectivity index (χ3n) is 9.76. The van der Waals surface area contributed by atoms with Crippen molar-refractivity contribution in [2.24, 2.45) is 0 Å². The Morgan fingerprint density at radius 3 is 1.40 bits per heavy atom. The van der Waals surface area contributed by atoms with E-state index in [9.17, 15) is 2.74 Å². The fourth-order valence-corrected chi connectivity index (χ4v) is 7.21. The highest BCUT2D eigenvalue weighted by Gasteiger charge is 2.23. The molecule has 0 N–H and O–H groups in total. The molecule has 0 atom stereocenters. The predicted molar refractivity (Wildman–Crippen MR) is 227 cm³/mol. The molecule has 0 aliphatic heterocycles. The molecule has 0 unspecified atom stereocenters. The van der Waals surface area contributed by atoms with Gasteiger partial charge in [-0.25, -0.2) is 15.0 Å². The molecular formula is C51H34N4. The number of aromatic nitrogens is 4. The van der Waals surface area contributed by atoms with Gasteiger partial charge in [-0.05, 0) is 51.5 Å². The standard InChI is InChI=1S/C51H34N4/c1-4-17-35(18-5-1)36-31-33-39(34-32-36)50-52-49(38-21-8-3-9-22-38)53-51(54-50)48-44(41-24-11-10-23-40(41)37-19-6-2-7-20-37)27-16-30-47(48)55-45-28-14-12-25-42(45)43-26-13-15-29-46(43)55/h1-34H/i12D,13D,14D,15D,25D,26D,28D,29D. The van der Waals surface area contributed by atoms with Gasteiger partial charge in [0.2, 0.25) is 0 Å². The van der Waals surface area contributed by atoms with Gasteiger partial charge in [-0.2, -0.15) is 0 Å². The molecule has 258 valence electrons. The third-order valence-corrected chi connectivity index (χ3v) is 9.76. The SMILES string of the molecule is [2H]c1c([2H])c([2H])c2c(c1[2H])c1c([2H])c([2H])c([2H])c([2H])c1n2-c1cccc(-c2ccccc2-c2ccccc2)c1-c1nc(-c2ccccc2)nc(-c2ccc(-c3ccccc3)cc2)n1. The Labute approximate surface area is 331 Å². The second-order valence-corrected chi connectivity index (χ2v) is 13.0. The van der Waals surface area contributed by atoms with Crippen LogP contribution < -0.4 is 0 Å². The molecule has 10 aromatic rings. The first-order chi connectivity index (χ1) is 30.6. The van der Waals surface area contributed by atoms with E-state index in [-0.39, 0.29) is 27.6 Å². The fourth-order valence-electron chi connectivity index (χ4n) is 7.21. The Morgan fingerprint density at radius 2 is 0.782 bits per heavy atom. The second kappa shape index (κ2) is 13.8. The Balaban J connectivity index is 1.36. The van der Waals surface area contributed by atoms with E-state index in [1.165, 1.54) is 4.57 Å². The summed E-state index contributed by atoms with van der Waals surface area (Å²) in [5, 5.41) is -0.0484. The van der Waals surface area contributed by atoms with E-state index in [2.05, 4.69) is 0 Å². The van der Waals surface area contributed by atoms with Crippen LogP contribution in [0.2, 0.25) is 0 Å². The number of para-hydroxylation sites is 2. The molecule has 0 spiro atoms. The molecular weight excluding hydrogens is 669 g/mol. The Kier molecular flexibility index (Phi) is 6.23. The molecule has 4 heteroatoms. The zero-order chi connectivity index (χ0) is 43.5. The zero-order valence-corrected chi connectivity index (χ0v) is 29.3. The Bertz CT molecular complexity index is 3340. The molecule has 8 aromatic carbocycles. The third kappa shape index (κ3) is 5.87. The van der Waals surface area contributed by atoms with Gasteiger partial charge in [0.15, 0.2) is 17.5 Å². The molecule has 10 rings (SSSR count). The Morgan fingerprint density at radius 1 is 0.345 bits per heavy atom. The number of hydrogen-bond acceptors (Lipinski definition) is 3. The van der Waals surface area contributed by atoms with Gasteiger partial charge in [0.25, 0.3) is 0 Å². The van der Waals surface area contributed by atoms with Gasteiger partial charge in [-0.1, -0.05) is 188 Å². The summed E-state index contributed by atoms with van der Waals surface area (Å²) in [7, 11) is 0. The van der Waals surface area contributed by atoms with Crippen LogP contribution in [-0.2, 0) is 0 Å². The summed E-state index contributed by atoms with van der Waals surface area (Å²) in [6, 6.07) is 47.3. The summed E-state index contributed by atoms with van der Waals surface area (Å²) >= 11 is 0. The van der Waals surface area contributed by atoms with Gasteiger partial charge in [0.05, 0.1) is 33.3 Å². The molecule has 0 aliphatic carbocycles. The average Bonchev–Trinajstić information content (AvgIpc) is 3.71. The van der Waals surface area contributed by atoms with Crippen LogP contribution in [0, 0.1) is 0 Å². The van der Waals surface area contributed by atoms with Crippen molar-refractivity contribution in [1.82, 2.24) is 19.5 Å².